The third kappa shape index (κ3) is 3.48. The highest BCUT2D eigenvalue weighted by Crippen LogP contribution is 2.15. The number of carbonyl (C=O) groups excluding carboxylic acids is 1. The molecule has 0 saturated heterocycles. The zero-order valence-electron chi connectivity index (χ0n) is 12.4. The van der Waals surface area contributed by atoms with E-state index in [-0.39, 0.29) is 18.0 Å². The maximum atomic E-state index is 12.4. The van der Waals surface area contributed by atoms with Gasteiger partial charge in [-0.1, -0.05) is 28.1 Å². The molecule has 1 amide bonds. The lowest BCUT2D eigenvalue weighted by molar-refractivity contribution is -0.116. The monoisotopic (exact) mass is 371 g/mol. The molecule has 0 bridgehead atoms. The quantitative estimate of drug-likeness (QED) is 0.769. The standard InChI is InChI=1S/C17H14BrN3O2/c1-11-3-2-4-13(7-11)20-16(22)9-21-10-19-15-6-5-12(18)8-14(15)17(21)23/h2-8,10H,9H2,1H3,(H,20,22). The minimum atomic E-state index is -0.270. The molecule has 0 aliphatic heterocycles. The summed E-state index contributed by atoms with van der Waals surface area (Å²) in [5, 5.41) is 3.26. The molecule has 1 heterocycles. The lowest BCUT2D eigenvalue weighted by atomic mass is 10.2. The smallest absolute Gasteiger partial charge is 0.261 e. The van der Waals surface area contributed by atoms with E-state index in [1.54, 1.807) is 12.1 Å². The third-order valence-electron chi connectivity index (χ3n) is 3.40. The highest BCUT2D eigenvalue weighted by atomic mass is 79.9. The van der Waals surface area contributed by atoms with E-state index in [0.29, 0.717) is 16.6 Å². The van der Waals surface area contributed by atoms with Crippen molar-refractivity contribution in [2.75, 3.05) is 5.32 Å². The summed E-state index contributed by atoms with van der Waals surface area (Å²) in [4.78, 5) is 28.8. The second-order valence-corrected chi connectivity index (χ2v) is 6.17. The molecule has 23 heavy (non-hydrogen) atoms. The van der Waals surface area contributed by atoms with Gasteiger partial charge >= 0.3 is 0 Å². The van der Waals surface area contributed by atoms with Crippen LogP contribution >= 0.6 is 15.9 Å². The number of aryl methyl sites for hydroxylation is 1. The zero-order chi connectivity index (χ0) is 16.4. The van der Waals surface area contributed by atoms with Gasteiger partial charge in [0, 0.05) is 10.2 Å². The summed E-state index contributed by atoms with van der Waals surface area (Å²) in [5.74, 6) is -0.270. The van der Waals surface area contributed by atoms with Gasteiger partial charge in [-0.2, -0.15) is 0 Å². The van der Waals surface area contributed by atoms with Gasteiger partial charge in [-0.05, 0) is 42.8 Å². The van der Waals surface area contributed by atoms with E-state index in [1.165, 1.54) is 10.9 Å². The molecule has 5 nitrogen and oxygen atoms in total. The topological polar surface area (TPSA) is 64.0 Å². The van der Waals surface area contributed by atoms with Crippen LogP contribution in [0.15, 0.2) is 58.1 Å². The molecule has 1 aromatic heterocycles. The van der Waals surface area contributed by atoms with E-state index in [1.807, 2.05) is 37.3 Å². The van der Waals surface area contributed by atoms with E-state index in [9.17, 15) is 9.59 Å². The van der Waals surface area contributed by atoms with Crippen LogP contribution in [0.4, 0.5) is 5.69 Å². The van der Waals surface area contributed by atoms with E-state index < -0.39 is 0 Å². The number of nitrogens with zero attached hydrogens (tertiary/aromatic N) is 2. The van der Waals surface area contributed by atoms with Gasteiger partial charge in [0.05, 0.1) is 17.2 Å². The van der Waals surface area contributed by atoms with Gasteiger partial charge in [-0.25, -0.2) is 4.98 Å². The van der Waals surface area contributed by atoms with Gasteiger partial charge in [0.15, 0.2) is 0 Å². The van der Waals surface area contributed by atoms with Crippen molar-refractivity contribution in [2.24, 2.45) is 0 Å². The Kier molecular flexibility index (Phi) is 4.25. The molecule has 3 aromatic rings. The van der Waals surface area contributed by atoms with Gasteiger partial charge in [-0.3, -0.25) is 14.2 Å². The molecule has 0 spiro atoms. The number of hydrogen-bond donors (Lipinski definition) is 1. The first-order valence-electron chi connectivity index (χ1n) is 7.04. The van der Waals surface area contributed by atoms with E-state index in [0.717, 1.165) is 10.0 Å². The van der Waals surface area contributed by atoms with Crippen LogP contribution in [0.25, 0.3) is 10.9 Å². The average Bonchev–Trinajstić information content (AvgIpc) is 2.50. The predicted molar refractivity (Wildman–Crippen MR) is 93.5 cm³/mol. The Balaban J connectivity index is 1.85. The summed E-state index contributed by atoms with van der Waals surface area (Å²) in [5.41, 5.74) is 2.13. The minimum absolute atomic E-state index is 0.0811. The summed E-state index contributed by atoms with van der Waals surface area (Å²) in [6, 6.07) is 12.8. The molecule has 3 rings (SSSR count). The molecule has 0 radical (unpaired) electrons. The Morgan fingerprint density at radius 2 is 2.09 bits per heavy atom. The molecule has 1 N–H and O–H groups in total. The number of fused-ring (bicyclic) bond motifs is 1. The van der Waals surface area contributed by atoms with Crippen LogP contribution in [0.3, 0.4) is 0 Å². The van der Waals surface area contributed by atoms with Gasteiger partial charge in [-0.15, -0.1) is 0 Å². The molecular formula is C17H14BrN3O2. The summed E-state index contributed by atoms with van der Waals surface area (Å²) >= 11 is 3.34. The first-order chi connectivity index (χ1) is 11.0. The predicted octanol–water partition coefficient (Wildman–Crippen LogP) is 3.11. The maximum Gasteiger partial charge on any atom is 0.261 e. The van der Waals surface area contributed by atoms with Crippen molar-refractivity contribution in [3.63, 3.8) is 0 Å². The van der Waals surface area contributed by atoms with Gasteiger partial charge < -0.3 is 5.32 Å². The number of amides is 1. The van der Waals surface area contributed by atoms with Crippen molar-refractivity contribution in [1.82, 2.24) is 9.55 Å². The Labute approximate surface area is 141 Å². The Morgan fingerprint density at radius 1 is 1.26 bits per heavy atom. The number of carbonyl (C=O) groups is 1. The van der Waals surface area contributed by atoms with Crippen molar-refractivity contribution >= 4 is 38.4 Å². The molecule has 0 fully saturated rings. The molecule has 0 aliphatic rings. The molecule has 0 saturated carbocycles. The van der Waals surface area contributed by atoms with E-state index in [2.05, 4.69) is 26.2 Å². The van der Waals surface area contributed by atoms with Crippen molar-refractivity contribution < 1.29 is 4.79 Å². The normalized spacial score (nSPS) is 10.7. The number of benzene rings is 2. The number of anilines is 1. The Hall–Kier alpha value is -2.47. The Bertz CT molecular complexity index is 950. The fourth-order valence-corrected chi connectivity index (χ4v) is 2.68. The molecule has 6 heteroatoms. The lowest BCUT2D eigenvalue weighted by Crippen LogP contribution is -2.27. The summed E-state index contributed by atoms with van der Waals surface area (Å²) in [6.07, 6.45) is 1.40. The van der Waals surface area contributed by atoms with Crippen LogP contribution < -0.4 is 10.9 Å². The molecule has 0 aliphatic carbocycles. The van der Waals surface area contributed by atoms with Crippen LogP contribution in [0.2, 0.25) is 0 Å². The third-order valence-corrected chi connectivity index (χ3v) is 3.90. The number of nitrogens with one attached hydrogen (secondary N) is 1. The van der Waals surface area contributed by atoms with Gasteiger partial charge in [0.2, 0.25) is 5.91 Å². The number of hydrogen-bond acceptors (Lipinski definition) is 3. The molecular weight excluding hydrogens is 358 g/mol. The van der Waals surface area contributed by atoms with Crippen molar-refractivity contribution in [2.45, 2.75) is 13.5 Å². The van der Waals surface area contributed by atoms with E-state index >= 15 is 0 Å². The minimum Gasteiger partial charge on any atom is -0.325 e. The van der Waals surface area contributed by atoms with Crippen LogP contribution in [-0.2, 0) is 11.3 Å². The van der Waals surface area contributed by atoms with Gasteiger partial charge in [0.25, 0.3) is 5.56 Å². The van der Waals surface area contributed by atoms with Crippen molar-refractivity contribution in [1.29, 1.82) is 0 Å². The summed E-state index contributed by atoms with van der Waals surface area (Å²) in [7, 11) is 0. The average molecular weight is 372 g/mol. The fraction of sp³-hybridized carbons (Fsp3) is 0.118. The summed E-state index contributed by atoms with van der Waals surface area (Å²) in [6.45, 7) is 1.87. The highest BCUT2D eigenvalue weighted by molar-refractivity contribution is 9.10. The molecule has 2 aromatic carbocycles. The van der Waals surface area contributed by atoms with Crippen LogP contribution in [-0.4, -0.2) is 15.5 Å². The number of aromatic nitrogens is 2. The number of halogens is 1. The van der Waals surface area contributed by atoms with E-state index in [4.69, 9.17) is 0 Å². The second-order valence-electron chi connectivity index (χ2n) is 5.26. The first-order valence-corrected chi connectivity index (χ1v) is 7.83. The van der Waals surface area contributed by atoms with Gasteiger partial charge in [0.1, 0.15) is 6.54 Å². The zero-order valence-corrected chi connectivity index (χ0v) is 14.0. The van der Waals surface area contributed by atoms with Crippen molar-refractivity contribution in [3.05, 3.63) is 69.2 Å². The molecule has 116 valence electrons. The highest BCUT2D eigenvalue weighted by Gasteiger charge is 2.09. The maximum absolute atomic E-state index is 12.4. The number of rotatable bonds is 3. The fourth-order valence-electron chi connectivity index (χ4n) is 2.32. The van der Waals surface area contributed by atoms with Crippen LogP contribution in [0.5, 0.6) is 0 Å². The van der Waals surface area contributed by atoms with Crippen LogP contribution in [0.1, 0.15) is 5.56 Å². The lowest BCUT2D eigenvalue weighted by Gasteiger charge is -2.08. The summed E-state index contributed by atoms with van der Waals surface area (Å²) < 4.78 is 2.10. The largest absolute Gasteiger partial charge is 0.325 e. The first kappa shape index (κ1) is 15.4. The molecule has 0 unspecified atom stereocenters. The van der Waals surface area contributed by atoms with Crippen molar-refractivity contribution in [3.8, 4) is 0 Å². The van der Waals surface area contributed by atoms with Crippen LogP contribution in [0, 0.1) is 6.92 Å². The SMILES string of the molecule is Cc1cccc(NC(=O)Cn2cnc3ccc(Br)cc3c2=O)c1. The second kappa shape index (κ2) is 6.34. The Morgan fingerprint density at radius 3 is 2.87 bits per heavy atom. The molecule has 0 atom stereocenters.